The van der Waals surface area contributed by atoms with E-state index < -0.39 is 0 Å². The van der Waals surface area contributed by atoms with Crippen LogP contribution < -0.4 is 10.1 Å². The van der Waals surface area contributed by atoms with Crippen molar-refractivity contribution in [3.05, 3.63) is 34.6 Å². The monoisotopic (exact) mass is 340 g/mol. The molecule has 6 nitrogen and oxygen atoms in total. The number of aromatic nitrogens is 3. The van der Waals surface area contributed by atoms with E-state index in [9.17, 15) is 0 Å². The quantitative estimate of drug-likeness (QED) is 0.806. The third-order valence-electron chi connectivity index (χ3n) is 2.76. The van der Waals surface area contributed by atoms with Gasteiger partial charge in [0, 0.05) is 23.7 Å². The number of nitrogens with zero attached hydrogens (tertiary/aromatic N) is 3. The van der Waals surface area contributed by atoms with E-state index in [0.29, 0.717) is 19.5 Å². The molecule has 1 aromatic carbocycles. The zero-order valence-electron chi connectivity index (χ0n) is 11.2. The average molecular weight is 341 g/mol. The van der Waals surface area contributed by atoms with Gasteiger partial charge in [-0.25, -0.2) is 0 Å². The number of aryl methyl sites for hydroxylation is 1. The number of benzene rings is 1. The van der Waals surface area contributed by atoms with Crippen LogP contribution in [0.1, 0.15) is 12.1 Å². The van der Waals surface area contributed by atoms with Crippen molar-refractivity contribution in [3.63, 3.8) is 0 Å². The molecular weight excluding hydrogens is 324 g/mol. The molecule has 0 bridgehead atoms. The highest BCUT2D eigenvalue weighted by atomic mass is 79.9. The summed E-state index contributed by atoms with van der Waals surface area (Å²) in [6.45, 7) is 1.40. The molecule has 2 rings (SSSR count). The molecule has 0 aliphatic rings. The van der Waals surface area contributed by atoms with Gasteiger partial charge in [0.1, 0.15) is 11.4 Å². The van der Waals surface area contributed by atoms with Crippen LogP contribution in [0.25, 0.3) is 0 Å². The lowest BCUT2D eigenvalue weighted by atomic mass is 10.3. The maximum atomic E-state index is 8.78. The van der Waals surface area contributed by atoms with Crippen LogP contribution in [0.5, 0.6) is 5.75 Å². The molecule has 0 spiro atoms. The number of halogens is 1. The van der Waals surface area contributed by atoms with Crippen LogP contribution >= 0.6 is 15.9 Å². The minimum absolute atomic E-state index is 0.157. The Morgan fingerprint density at radius 3 is 3.05 bits per heavy atom. The molecule has 20 heavy (non-hydrogen) atoms. The van der Waals surface area contributed by atoms with Crippen LogP contribution in [0.4, 0.5) is 5.69 Å². The molecule has 0 radical (unpaired) electrons. The van der Waals surface area contributed by atoms with Crippen molar-refractivity contribution in [2.45, 2.75) is 19.5 Å². The van der Waals surface area contributed by atoms with Crippen LogP contribution in [0.3, 0.4) is 0 Å². The van der Waals surface area contributed by atoms with Crippen molar-refractivity contribution in [3.8, 4) is 5.75 Å². The van der Waals surface area contributed by atoms with Crippen molar-refractivity contribution < 1.29 is 9.84 Å². The third kappa shape index (κ3) is 3.94. The number of hydrogen-bond acceptors (Lipinski definition) is 5. The number of ether oxygens (including phenoxy) is 1. The summed E-state index contributed by atoms with van der Waals surface area (Å²) in [4.78, 5) is 0. The van der Waals surface area contributed by atoms with Crippen LogP contribution in [0, 0.1) is 0 Å². The SMILES string of the molecule is COc1ccc(Br)c(NCc2cn(CCCO)nn2)c1. The van der Waals surface area contributed by atoms with E-state index >= 15 is 0 Å². The number of hydrogen-bond donors (Lipinski definition) is 2. The van der Waals surface area contributed by atoms with E-state index in [2.05, 4.69) is 31.6 Å². The van der Waals surface area contributed by atoms with Gasteiger partial charge in [-0.1, -0.05) is 5.21 Å². The molecule has 2 N–H and O–H groups in total. The van der Waals surface area contributed by atoms with Crippen molar-refractivity contribution in [2.24, 2.45) is 0 Å². The highest BCUT2D eigenvalue weighted by Crippen LogP contribution is 2.27. The van der Waals surface area contributed by atoms with Crippen LogP contribution in [0.2, 0.25) is 0 Å². The molecule has 108 valence electrons. The van der Waals surface area contributed by atoms with E-state index in [1.165, 1.54) is 0 Å². The summed E-state index contributed by atoms with van der Waals surface area (Å²) < 4.78 is 7.89. The van der Waals surface area contributed by atoms with E-state index in [-0.39, 0.29) is 6.61 Å². The highest BCUT2D eigenvalue weighted by Gasteiger charge is 2.04. The minimum Gasteiger partial charge on any atom is -0.497 e. The van der Waals surface area contributed by atoms with Crippen molar-refractivity contribution >= 4 is 21.6 Å². The summed E-state index contributed by atoms with van der Waals surface area (Å²) in [6.07, 6.45) is 2.55. The zero-order valence-corrected chi connectivity index (χ0v) is 12.8. The Morgan fingerprint density at radius 1 is 1.45 bits per heavy atom. The van der Waals surface area contributed by atoms with Crippen LogP contribution in [0.15, 0.2) is 28.9 Å². The number of rotatable bonds is 7. The molecule has 1 heterocycles. The Hall–Kier alpha value is -1.60. The molecule has 0 saturated carbocycles. The first-order valence-electron chi connectivity index (χ1n) is 6.30. The number of aliphatic hydroxyl groups is 1. The van der Waals surface area contributed by atoms with E-state index in [0.717, 1.165) is 21.6 Å². The number of aliphatic hydroxyl groups excluding tert-OH is 1. The Bertz CT molecular complexity index is 559. The summed E-state index contributed by atoms with van der Waals surface area (Å²) in [7, 11) is 1.64. The summed E-state index contributed by atoms with van der Waals surface area (Å²) in [5.41, 5.74) is 1.78. The molecule has 0 fully saturated rings. The largest absolute Gasteiger partial charge is 0.497 e. The van der Waals surface area contributed by atoms with Crippen LogP contribution in [-0.2, 0) is 13.1 Å². The van der Waals surface area contributed by atoms with Gasteiger partial charge in [-0.2, -0.15) is 0 Å². The Kier molecular flexibility index (Phi) is 5.37. The lowest BCUT2D eigenvalue weighted by Crippen LogP contribution is -2.01. The second-order valence-corrected chi connectivity index (χ2v) is 5.10. The Balaban J connectivity index is 1.96. The van der Waals surface area contributed by atoms with Gasteiger partial charge in [0.15, 0.2) is 0 Å². The van der Waals surface area contributed by atoms with Crippen molar-refractivity contribution in [2.75, 3.05) is 19.0 Å². The second-order valence-electron chi connectivity index (χ2n) is 4.25. The van der Waals surface area contributed by atoms with Crippen molar-refractivity contribution in [1.82, 2.24) is 15.0 Å². The van der Waals surface area contributed by atoms with Gasteiger partial charge < -0.3 is 15.2 Å². The molecule has 0 aliphatic carbocycles. The van der Waals surface area contributed by atoms with Gasteiger partial charge in [-0.3, -0.25) is 4.68 Å². The lowest BCUT2D eigenvalue weighted by Gasteiger charge is -2.08. The first-order chi connectivity index (χ1) is 9.72. The Labute approximate surface area is 125 Å². The van der Waals surface area contributed by atoms with Gasteiger partial charge in [0.25, 0.3) is 0 Å². The summed E-state index contributed by atoms with van der Waals surface area (Å²) >= 11 is 3.49. The minimum atomic E-state index is 0.157. The maximum absolute atomic E-state index is 8.78. The molecular formula is C13H17BrN4O2. The van der Waals surface area contributed by atoms with Gasteiger partial charge in [-0.15, -0.1) is 5.10 Å². The van der Waals surface area contributed by atoms with Gasteiger partial charge in [0.2, 0.25) is 0 Å². The predicted molar refractivity (Wildman–Crippen MR) is 79.7 cm³/mol. The molecule has 0 unspecified atom stereocenters. The lowest BCUT2D eigenvalue weighted by molar-refractivity contribution is 0.276. The fraction of sp³-hybridized carbons (Fsp3) is 0.385. The summed E-state index contributed by atoms with van der Waals surface area (Å²) in [5.74, 6) is 0.794. The molecule has 0 saturated heterocycles. The van der Waals surface area contributed by atoms with E-state index in [1.54, 1.807) is 11.8 Å². The normalized spacial score (nSPS) is 10.6. The number of methoxy groups -OCH3 is 1. The first-order valence-corrected chi connectivity index (χ1v) is 7.09. The summed E-state index contributed by atoms with van der Waals surface area (Å²) in [5, 5.41) is 20.1. The zero-order chi connectivity index (χ0) is 14.4. The summed E-state index contributed by atoms with van der Waals surface area (Å²) in [6, 6.07) is 5.74. The fourth-order valence-electron chi connectivity index (χ4n) is 1.71. The standard InChI is InChI=1S/C13H17BrN4O2/c1-20-11-3-4-12(14)13(7-11)15-8-10-9-18(17-16-10)5-2-6-19/h3-4,7,9,15,19H,2,5-6,8H2,1H3. The molecule has 0 aliphatic heterocycles. The smallest absolute Gasteiger partial charge is 0.121 e. The molecule has 0 atom stereocenters. The van der Waals surface area contributed by atoms with Crippen LogP contribution in [-0.4, -0.2) is 33.8 Å². The van der Waals surface area contributed by atoms with E-state index in [1.807, 2.05) is 24.4 Å². The highest BCUT2D eigenvalue weighted by molar-refractivity contribution is 9.10. The van der Waals surface area contributed by atoms with Crippen molar-refractivity contribution in [1.29, 1.82) is 0 Å². The molecule has 7 heteroatoms. The van der Waals surface area contributed by atoms with Gasteiger partial charge >= 0.3 is 0 Å². The average Bonchev–Trinajstić information content (AvgIpc) is 2.92. The van der Waals surface area contributed by atoms with Gasteiger partial charge in [0.05, 0.1) is 25.5 Å². The maximum Gasteiger partial charge on any atom is 0.121 e. The third-order valence-corrected chi connectivity index (χ3v) is 3.46. The molecule has 0 amide bonds. The Morgan fingerprint density at radius 2 is 2.30 bits per heavy atom. The predicted octanol–water partition coefficient (Wildman–Crippen LogP) is 2.04. The fourth-order valence-corrected chi connectivity index (χ4v) is 2.10. The number of anilines is 1. The van der Waals surface area contributed by atoms with Gasteiger partial charge in [-0.05, 0) is 34.5 Å². The topological polar surface area (TPSA) is 72.2 Å². The number of nitrogens with one attached hydrogen (secondary N) is 1. The first kappa shape index (κ1) is 14.8. The van der Waals surface area contributed by atoms with E-state index in [4.69, 9.17) is 9.84 Å². The second kappa shape index (κ2) is 7.25. The molecule has 2 aromatic rings. The molecule has 1 aromatic heterocycles.